The number of nitrogens with one attached hydrogen (secondary N) is 2. The Kier molecular flexibility index (Phi) is 5.17. The van der Waals surface area contributed by atoms with Crippen molar-refractivity contribution in [3.8, 4) is 0 Å². The van der Waals surface area contributed by atoms with Crippen LogP contribution in [0.15, 0.2) is 28.4 Å². The maximum Gasteiger partial charge on any atom is 0.270 e. The van der Waals surface area contributed by atoms with Crippen molar-refractivity contribution in [1.82, 2.24) is 20.2 Å². The SMILES string of the molecule is O=C(NCC1CCN(Cc2cccs2)CC1)c1cc(=O)[nH]c(C2CC2)n1. The van der Waals surface area contributed by atoms with E-state index in [2.05, 4.69) is 37.7 Å². The van der Waals surface area contributed by atoms with Crippen molar-refractivity contribution in [2.45, 2.75) is 38.1 Å². The number of piperidine rings is 1. The molecular formula is C19H24N4O2S. The Balaban J connectivity index is 1.26. The van der Waals surface area contributed by atoms with E-state index in [4.69, 9.17) is 0 Å². The molecular weight excluding hydrogens is 348 g/mol. The fourth-order valence-electron chi connectivity index (χ4n) is 3.44. The van der Waals surface area contributed by atoms with Crippen molar-refractivity contribution >= 4 is 17.2 Å². The van der Waals surface area contributed by atoms with Crippen molar-refractivity contribution in [2.24, 2.45) is 5.92 Å². The van der Waals surface area contributed by atoms with Crippen LogP contribution in [0.25, 0.3) is 0 Å². The number of carbonyl (C=O) groups is 1. The second-order valence-corrected chi connectivity index (χ2v) is 8.33. The number of aromatic nitrogens is 2. The van der Waals surface area contributed by atoms with Gasteiger partial charge in [-0.3, -0.25) is 14.5 Å². The molecule has 2 N–H and O–H groups in total. The molecule has 2 aliphatic rings. The first-order valence-electron chi connectivity index (χ1n) is 9.31. The second-order valence-electron chi connectivity index (χ2n) is 7.30. The lowest BCUT2D eigenvalue weighted by atomic mass is 9.96. The van der Waals surface area contributed by atoms with Gasteiger partial charge in [-0.25, -0.2) is 4.98 Å². The van der Waals surface area contributed by atoms with Crippen LogP contribution >= 0.6 is 11.3 Å². The van der Waals surface area contributed by atoms with Crippen LogP contribution in [0.1, 0.15) is 52.8 Å². The van der Waals surface area contributed by atoms with E-state index in [9.17, 15) is 9.59 Å². The Morgan fingerprint density at radius 1 is 1.31 bits per heavy atom. The fourth-order valence-corrected chi connectivity index (χ4v) is 4.19. The number of likely N-dealkylation sites (tertiary alicyclic amines) is 1. The number of nitrogens with zero attached hydrogens (tertiary/aromatic N) is 2. The van der Waals surface area contributed by atoms with Crippen LogP contribution in [0.2, 0.25) is 0 Å². The highest BCUT2D eigenvalue weighted by molar-refractivity contribution is 7.09. The van der Waals surface area contributed by atoms with Gasteiger partial charge in [0.05, 0.1) is 0 Å². The summed E-state index contributed by atoms with van der Waals surface area (Å²) in [5.74, 6) is 1.23. The molecule has 6 nitrogen and oxygen atoms in total. The van der Waals surface area contributed by atoms with Crippen molar-refractivity contribution in [3.05, 3.63) is 50.3 Å². The van der Waals surface area contributed by atoms with E-state index in [1.54, 1.807) is 11.3 Å². The van der Waals surface area contributed by atoms with E-state index in [1.807, 2.05) is 0 Å². The molecule has 0 spiro atoms. The number of aromatic amines is 1. The average Bonchev–Trinajstić information content (AvgIpc) is 3.38. The molecule has 0 radical (unpaired) electrons. The predicted octanol–water partition coefficient (Wildman–Crippen LogP) is 2.35. The first-order chi connectivity index (χ1) is 12.7. The van der Waals surface area contributed by atoms with Crippen LogP contribution in [0.5, 0.6) is 0 Å². The highest BCUT2D eigenvalue weighted by Crippen LogP contribution is 2.37. The van der Waals surface area contributed by atoms with E-state index in [0.29, 0.717) is 24.2 Å². The Morgan fingerprint density at radius 2 is 2.12 bits per heavy atom. The molecule has 0 aromatic carbocycles. The summed E-state index contributed by atoms with van der Waals surface area (Å²) >= 11 is 1.80. The van der Waals surface area contributed by atoms with Gasteiger partial charge in [-0.05, 0) is 56.1 Å². The Hall–Kier alpha value is -1.99. The molecule has 4 rings (SSSR count). The van der Waals surface area contributed by atoms with Crippen molar-refractivity contribution < 1.29 is 4.79 Å². The molecule has 1 saturated heterocycles. The first kappa shape index (κ1) is 17.4. The highest BCUT2D eigenvalue weighted by Gasteiger charge is 2.27. The summed E-state index contributed by atoms with van der Waals surface area (Å²) in [6, 6.07) is 5.58. The lowest BCUT2D eigenvalue weighted by Crippen LogP contribution is -2.38. The quantitative estimate of drug-likeness (QED) is 0.816. The summed E-state index contributed by atoms with van der Waals surface area (Å²) < 4.78 is 0. The van der Waals surface area contributed by atoms with Gasteiger partial charge in [0.2, 0.25) is 0 Å². The molecule has 138 valence electrons. The van der Waals surface area contributed by atoms with Crippen LogP contribution in [0, 0.1) is 5.92 Å². The third-order valence-electron chi connectivity index (χ3n) is 5.17. The Morgan fingerprint density at radius 3 is 2.81 bits per heavy atom. The summed E-state index contributed by atoms with van der Waals surface area (Å²) in [5, 5.41) is 5.09. The lowest BCUT2D eigenvalue weighted by Gasteiger charge is -2.31. The Labute approximate surface area is 156 Å². The van der Waals surface area contributed by atoms with E-state index in [0.717, 1.165) is 45.3 Å². The maximum atomic E-state index is 12.4. The zero-order valence-corrected chi connectivity index (χ0v) is 15.6. The topological polar surface area (TPSA) is 78.1 Å². The molecule has 2 fully saturated rings. The molecule has 26 heavy (non-hydrogen) atoms. The molecule has 1 aliphatic carbocycles. The van der Waals surface area contributed by atoms with E-state index < -0.39 is 0 Å². The number of amides is 1. The van der Waals surface area contributed by atoms with Crippen molar-refractivity contribution in [3.63, 3.8) is 0 Å². The van der Waals surface area contributed by atoms with Gasteiger partial charge in [-0.2, -0.15) is 0 Å². The number of carbonyl (C=O) groups excluding carboxylic acids is 1. The molecule has 0 atom stereocenters. The molecule has 1 saturated carbocycles. The highest BCUT2D eigenvalue weighted by atomic mass is 32.1. The predicted molar refractivity (Wildman–Crippen MR) is 101 cm³/mol. The minimum Gasteiger partial charge on any atom is -0.350 e. The van der Waals surface area contributed by atoms with Gasteiger partial charge in [0.1, 0.15) is 11.5 Å². The molecule has 7 heteroatoms. The van der Waals surface area contributed by atoms with Gasteiger partial charge in [0.15, 0.2) is 0 Å². The van der Waals surface area contributed by atoms with Gasteiger partial charge in [-0.15, -0.1) is 11.3 Å². The monoisotopic (exact) mass is 372 g/mol. The summed E-state index contributed by atoms with van der Waals surface area (Å²) in [5.41, 5.74) is -0.000262. The third kappa shape index (κ3) is 4.40. The van der Waals surface area contributed by atoms with Crippen LogP contribution in [-0.4, -0.2) is 40.4 Å². The van der Waals surface area contributed by atoms with Crippen LogP contribution in [0.4, 0.5) is 0 Å². The number of hydrogen-bond donors (Lipinski definition) is 2. The van der Waals surface area contributed by atoms with Crippen molar-refractivity contribution in [1.29, 1.82) is 0 Å². The second kappa shape index (κ2) is 7.72. The van der Waals surface area contributed by atoms with E-state index >= 15 is 0 Å². The molecule has 0 unspecified atom stereocenters. The number of rotatable bonds is 6. The van der Waals surface area contributed by atoms with Gasteiger partial charge >= 0.3 is 0 Å². The Bertz CT molecular complexity index is 805. The number of thiophene rings is 1. The fraction of sp³-hybridized carbons (Fsp3) is 0.526. The molecule has 1 amide bonds. The summed E-state index contributed by atoms with van der Waals surface area (Å²) in [4.78, 5) is 35.1. The van der Waals surface area contributed by atoms with E-state index in [1.165, 1.54) is 10.9 Å². The summed E-state index contributed by atoms with van der Waals surface area (Å²) in [6.45, 7) is 3.80. The van der Waals surface area contributed by atoms with Gasteiger partial charge in [-0.1, -0.05) is 6.07 Å². The molecule has 2 aromatic heterocycles. The number of H-pyrrole nitrogens is 1. The van der Waals surface area contributed by atoms with Gasteiger partial charge in [0.25, 0.3) is 11.5 Å². The molecule has 2 aromatic rings. The maximum absolute atomic E-state index is 12.4. The van der Waals surface area contributed by atoms with E-state index in [-0.39, 0.29) is 17.2 Å². The average molecular weight is 372 g/mol. The van der Waals surface area contributed by atoms with Crippen LogP contribution in [-0.2, 0) is 6.54 Å². The van der Waals surface area contributed by atoms with Gasteiger partial charge < -0.3 is 10.3 Å². The zero-order valence-electron chi connectivity index (χ0n) is 14.7. The molecule has 1 aliphatic heterocycles. The third-order valence-corrected chi connectivity index (χ3v) is 6.04. The minimum atomic E-state index is -0.242. The minimum absolute atomic E-state index is 0.237. The van der Waals surface area contributed by atoms with Crippen molar-refractivity contribution in [2.75, 3.05) is 19.6 Å². The zero-order chi connectivity index (χ0) is 17.9. The normalized spacial score (nSPS) is 18.8. The summed E-state index contributed by atoms with van der Waals surface area (Å²) in [7, 11) is 0. The smallest absolute Gasteiger partial charge is 0.270 e. The lowest BCUT2D eigenvalue weighted by molar-refractivity contribution is 0.0929. The first-order valence-corrected chi connectivity index (χ1v) is 10.2. The standard InChI is InChI=1S/C19H24N4O2S/c24-17-10-16(21-18(22-17)14-3-4-14)19(25)20-11-13-5-7-23(8-6-13)12-15-2-1-9-26-15/h1-2,9-10,13-14H,3-8,11-12H2,(H,20,25)(H,21,22,24). The number of hydrogen-bond acceptors (Lipinski definition) is 5. The molecule has 3 heterocycles. The largest absolute Gasteiger partial charge is 0.350 e. The molecule has 0 bridgehead atoms. The van der Waals surface area contributed by atoms with Gasteiger partial charge in [0, 0.05) is 30.0 Å². The van der Waals surface area contributed by atoms with Crippen LogP contribution in [0.3, 0.4) is 0 Å². The summed E-state index contributed by atoms with van der Waals surface area (Å²) in [6.07, 6.45) is 4.25. The van der Waals surface area contributed by atoms with Crippen LogP contribution < -0.4 is 10.9 Å².